The normalized spacial score (nSPS) is 11.6. The van der Waals surface area contributed by atoms with Gasteiger partial charge in [-0.1, -0.05) is 140 Å². The van der Waals surface area contributed by atoms with Crippen molar-refractivity contribution in [3.8, 4) is 51.0 Å². The third-order valence-corrected chi connectivity index (χ3v) is 9.46. The minimum Gasteiger partial charge on any atom is -0.456 e. The van der Waals surface area contributed by atoms with E-state index in [2.05, 4.69) is 102 Å². The summed E-state index contributed by atoms with van der Waals surface area (Å²) in [6, 6.07) is 58.4. The third-order valence-electron chi connectivity index (χ3n) is 9.46. The van der Waals surface area contributed by atoms with Gasteiger partial charge in [0, 0.05) is 38.4 Å². The van der Waals surface area contributed by atoms with E-state index in [9.17, 15) is 0 Å². The molecule has 0 aliphatic rings. The molecule has 3 aromatic heterocycles. The van der Waals surface area contributed by atoms with Crippen LogP contribution < -0.4 is 0 Å². The fourth-order valence-corrected chi connectivity index (χ4v) is 7.24. The van der Waals surface area contributed by atoms with Crippen LogP contribution in [0.3, 0.4) is 0 Å². The summed E-state index contributed by atoms with van der Waals surface area (Å²) in [7, 11) is 0. The largest absolute Gasteiger partial charge is 0.456 e. The molecule has 0 saturated carbocycles. The second-order valence-corrected chi connectivity index (χ2v) is 12.4. The van der Waals surface area contributed by atoms with E-state index in [1.807, 2.05) is 72.8 Å². The van der Waals surface area contributed by atoms with Crippen LogP contribution in [0.2, 0.25) is 0 Å². The number of hydrogen-bond acceptors (Lipinski definition) is 4. The maximum Gasteiger partial charge on any atom is 0.166 e. The molecule has 0 bridgehead atoms. The summed E-state index contributed by atoms with van der Waals surface area (Å²) in [5.41, 5.74) is 9.79. The van der Waals surface area contributed by atoms with Crippen molar-refractivity contribution in [2.45, 2.75) is 0 Å². The summed E-state index contributed by atoms with van der Waals surface area (Å²) in [5, 5.41) is 4.47. The number of para-hydroxylation sites is 3. The van der Waals surface area contributed by atoms with Crippen LogP contribution in [0.1, 0.15) is 0 Å². The van der Waals surface area contributed by atoms with Crippen LogP contribution in [0.5, 0.6) is 0 Å². The summed E-state index contributed by atoms with van der Waals surface area (Å²) in [6.07, 6.45) is 0. The highest BCUT2D eigenvalue weighted by atomic mass is 16.3. The molecule has 0 atom stereocenters. The first kappa shape index (κ1) is 28.2. The molecule has 7 aromatic carbocycles. The van der Waals surface area contributed by atoms with Gasteiger partial charge in [-0.05, 0) is 35.9 Å². The van der Waals surface area contributed by atoms with Crippen LogP contribution in [0.4, 0.5) is 0 Å². The number of benzene rings is 7. The minimum absolute atomic E-state index is 0.598. The number of aromatic nitrogens is 4. The van der Waals surface area contributed by atoms with Crippen LogP contribution in [-0.2, 0) is 0 Å². The SMILES string of the molecule is c1ccc(-c2nc(-c3ccccc3)nc(-c3cccc(-c4ccccc4)c3-n3c4ccccc4c4ccc5oc6ccccc6c5c43)n2)cc1. The van der Waals surface area contributed by atoms with E-state index in [4.69, 9.17) is 19.4 Å². The first-order valence-corrected chi connectivity index (χ1v) is 16.7. The van der Waals surface area contributed by atoms with Crippen LogP contribution in [-0.4, -0.2) is 19.5 Å². The van der Waals surface area contributed by atoms with E-state index in [0.717, 1.165) is 77.2 Å². The Morgan fingerprint density at radius 1 is 0.380 bits per heavy atom. The van der Waals surface area contributed by atoms with Crippen LogP contribution in [0.25, 0.3) is 94.7 Å². The Morgan fingerprint density at radius 3 is 1.64 bits per heavy atom. The Morgan fingerprint density at radius 2 is 0.940 bits per heavy atom. The van der Waals surface area contributed by atoms with E-state index >= 15 is 0 Å². The van der Waals surface area contributed by atoms with Gasteiger partial charge < -0.3 is 8.98 Å². The second-order valence-electron chi connectivity index (χ2n) is 12.4. The molecular formula is C45H28N4O. The first-order chi connectivity index (χ1) is 24.8. The number of furan rings is 1. The molecule has 0 spiro atoms. The van der Waals surface area contributed by atoms with E-state index in [1.165, 1.54) is 0 Å². The minimum atomic E-state index is 0.598. The fraction of sp³-hybridized carbons (Fsp3) is 0. The molecule has 0 aliphatic heterocycles. The quantitative estimate of drug-likeness (QED) is 0.188. The van der Waals surface area contributed by atoms with Crippen LogP contribution in [0.15, 0.2) is 174 Å². The summed E-state index contributed by atoms with van der Waals surface area (Å²) < 4.78 is 8.86. The summed E-state index contributed by atoms with van der Waals surface area (Å²) in [6.45, 7) is 0. The molecule has 0 unspecified atom stereocenters. The van der Waals surface area contributed by atoms with Crippen molar-refractivity contribution in [1.82, 2.24) is 19.5 Å². The summed E-state index contributed by atoms with van der Waals surface area (Å²) in [4.78, 5) is 15.4. The van der Waals surface area contributed by atoms with Gasteiger partial charge in [0.05, 0.1) is 22.1 Å². The Bertz CT molecular complexity index is 2800. The van der Waals surface area contributed by atoms with Gasteiger partial charge in [-0.2, -0.15) is 0 Å². The van der Waals surface area contributed by atoms with Crippen molar-refractivity contribution in [3.05, 3.63) is 170 Å². The maximum atomic E-state index is 6.46. The molecule has 5 nitrogen and oxygen atoms in total. The second kappa shape index (κ2) is 11.4. The number of nitrogens with zero attached hydrogens (tertiary/aromatic N) is 4. The molecule has 0 radical (unpaired) electrons. The molecule has 10 aromatic rings. The van der Waals surface area contributed by atoms with E-state index in [0.29, 0.717) is 17.5 Å². The van der Waals surface area contributed by atoms with Gasteiger partial charge in [0.25, 0.3) is 0 Å². The highest BCUT2D eigenvalue weighted by Gasteiger charge is 2.24. The lowest BCUT2D eigenvalue weighted by atomic mass is 9.98. The maximum absolute atomic E-state index is 6.46. The van der Waals surface area contributed by atoms with Crippen LogP contribution >= 0.6 is 0 Å². The van der Waals surface area contributed by atoms with Gasteiger partial charge >= 0.3 is 0 Å². The molecule has 0 N–H and O–H groups in total. The molecule has 234 valence electrons. The van der Waals surface area contributed by atoms with Gasteiger partial charge in [-0.3, -0.25) is 0 Å². The molecule has 5 heteroatoms. The van der Waals surface area contributed by atoms with Gasteiger partial charge in [-0.25, -0.2) is 15.0 Å². The highest BCUT2D eigenvalue weighted by molar-refractivity contribution is 6.25. The number of hydrogen-bond donors (Lipinski definition) is 0. The lowest BCUT2D eigenvalue weighted by Gasteiger charge is -2.19. The summed E-state index contributed by atoms with van der Waals surface area (Å²) in [5.74, 6) is 1.84. The molecular weight excluding hydrogens is 613 g/mol. The number of rotatable bonds is 5. The van der Waals surface area contributed by atoms with Crippen molar-refractivity contribution in [1.29, 1.82) is 0 Å². The standard InChI is InChI=1S/C45H28N4O/c1-4-15-29(16-5-1)32-23-14-24-36(45-47-43(30-17-6-2-7-18-30)46-44(48-45)31-19-8-3-9-20-31)41(32)49-37-25-12-10-21-33(37)34-27-28-39-40(42(34)49)35-22-11-13-26-38(35)50-39/h1-28H. The zero-order chi connectivity index (χ0) is 33.0. The average molecular weight is 641 g/mol. The molecule has 10 rings (SSSR count). The predicted molar refractivity (Wildman–Crippen MR) is 203 cm³/mol. The van der Waals surface area contributed by atoms with Crippen molar-refractivity contribution >= 4 is 43.7 Å². The Balaban J connectivity index is 1.38. The zero-order valence-corrected chi connectivity index (χ0v) is 26.9. The third kappa shape index (κ3) is 4.45. The van der Waals surface area contributed by atoms with Crippen molar-refractivity contribution in [2.24, 2.45) is 0 Å². The highest BCUT2D eigenvalue weighted by Crippen LogP contribution is 2.45. The number of fused-ring (bicyclic) bond motifs is 7. The summed E-state index contributed by atoms with van der Waals surface area (Å²) >= 11 is 0. The molecule has 0 amide bonds. The van der Waals surface area contributed by atoms with Crippen LogP contribution in [0, 0.1) is 0 Å². The molecule has 0 saturated heterocycles. The van der Waals surface area contributed by atoms with Crippen molar-refractivity contribution in [2.75, 3.05) is 0 Å². The van der Waals surface area contributed by atoms with Gasteiger partial charge in [0.15, 0.2) is 17.5 Å². The van der Waals surface area contributed by atoms with Gasteiger partial charge in [0.2, 0.25) is 0 Å². The fourth-order valence-electron chi connectivity index (χ4n) is 7.24. The molecule has 0 fully saturated rings. The van der Waals surface area contributed by atoms with E-state index < -0.39 is 0 Å². The topological polar surface area (TPSA) is 56.7 Å². The van der Waals surface area contributed by atoms with Gasteiger partial charge in [0.1, 0.15) is 11.2 Å². The Hall–Kier alpha value is -6.85. The molecule has 50 heavy (non-hydrogen) atoms. The van der Waals surface area contributed by atoms with E-state index in [-0.39, 0.29) is 0 Å². The van der Waals surface area contributed by atoms with Gasteiger partial charge in [-0.15, -0.1) is 0 Å². The molecule has 3 heterocycles. The molecule has 0 aliphatic carbocycles. The lowest BCUT2D eigenvalue weighted by molar-refractivity contribution is 0.669. The Labute approximate surface area is 287 Å². The monoisotopic (exact) mass is 640 g/mol. The predicted octanol–water partition coefficient (Wildman–Crippen LogP) is 11.5. The van der Waals surface area contributed by atoms with Crippen molar-refractivity contribution < 1.29 is 4.42 Å². The van der Waals surface area contributed by atoms with Crippen molar-refractivity contribution in [3.63, 3.8) is 0 Å². The Kier molecular flexibility index (Phi) is 6.42. The first-order valence-electron chi connectivity index (χ1n) is 16.7. The zero-order valence-electron chi connectivity index (χ0n) is 26.9. The average Bonchev–Trinajstić information content (AvgIpc) is 3.74. The van der Waals surface area contributed by atoms with E-state index in [1.54, 1.807) is 0 Å². The lowest BCUT2D eigenvalue weighted by Crippen LogP contribution is -2.05. The smallest absolute Gasteiger partial charge is 0.166 e.